The van der Waals surface area contributed by atoms with Crippen molar-refractivity contribution in [2.24, 2.45) is 5.92 Å². The van der Waals surface area contributed by atoms with Crippen molar-refractivity contribution in [1.82, 2.24) is 16.0 Å². The van der Waals surface area contributed by atoms with Crippen molar-refractivity contribution in [3.8, 4) is 0 Å². The summed E-state index contributed by atoms with van der Waals surface area (Å²) < 4.78 is 63.7. The standard InChI is InChI=1S/C23H34F3N3O4S/c1-14(2)28-19-8-9-20(17(11-19)13-34(32,33)15(3)4)29-21(30)12-27-22(31)16-6-5-7-18(10-16)23(24,25)26/h5-7,10,14-15,17,19-20,28H,8-9,11-13H2,1-4H3,(H,27,31)(H,29,30)/t17-,19+,20-/m0/s1. The molecule has 1 aromatic carbocycles. The van der Waals surface area contributed by atoms with Crippen molar-refractivity contribution in [2.75, 3.05) is 12.3 Å². The van der Waals surface area contributed by atoms with E-state index in [1.54, 1.807) is 13.8 Å². The van der Waals surface area contributed by atoms with Gasteiger partial charge in [0.2, 0.25) is 5.91 Å². The van der Waals surface area contributed by atoms with Gasteiger partial charge in [-0.25, -0.2) is 8.42 Å². The highest BCUT2D eigenvalue weighted by Gasteiger charge is 2.35. The Morgan fingerprint density at radius 1 is 1.12 bits per heavy atom. The average Bonchev–Trinajstić information content (AvgIpc) is 2.72. The van der Waals surface area contributed by atoms with Gasteiger partial charge in [0.05, 0.1) is 23.1 Å². The van der Waals surface area contributed by atoms with Crippen LogP contribution in [0.15, 0.2) is 24.3 Å². The molecule has 1 aromatic rings. The van der Waals surface area contributed by atoms with Gasteiger partial charge in [0.1, 0.15) is 0 Å². The minimum absolute atomic E-state index is 0.0531. The fourth-order valence-electron chi connectivity index (χ4n) is 4.11. The summed E-state index contributed by atoms with van der Waals surface area (Å²) in [5.74, 6) is -1.67. The summed E-state index contributed by atoms with van der Waals surface area (Å²) in [4.78, 5) is 24.8. The number of hydrogen-bond acceptors (Lipinski definition) is 5. The minimum Gasteiger partial charge on any atom is -0.352 e. The summed E-state index contributed by atoms with van der Waals surface area (Å²) in [7, 11) is -3.34. The molecule has 0 aromatic heterocycles. The SMILES string of the molecule is CC(C)N[C@@H]1CC[C@H](NC(=O)CNC(=O)c2cccc(C(F)(F)F)c2)[C@H](CS(=O)(=O)C(C)C)C1. The molecule has 1 aliphatic carbocycles. The van der Waals surface area contributed by atoms with Gasteiger partial charge in [-0.05, 0) is 57.2 Å². The lowest BCUT2D eigenvalue weighted by Crippen LogP contribution is -2.52. The molecule has 3 N–H and O–H groups in total. The molecule has 1 aliphatic rings. The van der Waals surface area contributed by atoms with Crippen molar-refractivity contribution >= 4 is 21.7 Å². The Bertz CT molecular complexity index is 964. The predicted octanol–water partition coefficient (Wildman–Crippen LogP) is 2.91. The van der Waals surface area contributed by atoms with Gasteiger partial charge in [0.15, 0.2) is 9.84 Å². The molecule has 0 heterocycles. The van der Waals surface area contributed by atoms with Gasteiger partial charge in [-0.1, -0.05) is 19.9 Å². The zero-order valence-corrected chi connectivity index (χ0v) is 20.7. The second-order valence-electron chi connectivity index (χ2n) is 9.40. The second-order valence-corrected chi connectivity index (χ2v) is 12.0. The van der Waals surface area contributed by atoms with Crippen LogP contribution in [0.4, 0.5) is 13.2 Å². The van der Waals surface area contributed by atoms with Crippen molar-refractivity contribution in [3.05, 3.63) is 35.4 Å². The number of nitrogens with one attached hydrogen (secondary N) is 3. The normalized spacial score (nSPS) is 21.5. The van der Waals surface area contributed by atoms with E-state index in [9.17, 15) is 31.2 Å². The molecule has 0 spiro atoms. The highest BCUT2D eigenvalue weighted by Crippen LogP contribution is 2.30. The zero-order valence-electron chi connectivity index (χ0n) is 19.9. The predicted molar refractivity (Wildman–Crippen MR) is 124 cm³/mol. The highest BCUT2D eigenvalue weighted by molar-refractivity contribution is 7.91. The van der Waals surface area contributed by atoms with Crippen LogP contribution in [-0.4, -0.2) is 55.9 Å². The fourth-order valence-corrected chi connectivity index (χ4v) is 5.46. The van der Waals surface area contributed by atoms with Crippen LogP contribution in [-0.2, 0) is 20.8 Å². The maximum absolute atomic E-state index is 12.9. The quantitative estimate of drug-likeness (QED) is 0.479. The van der Waals surface area contributed by atoms with E-state index >= 15 is 0 Å². The van der Waals surface area contributed by atoms with Gasteiger partial charge >= 0.3 is 6.18 Å². The molecule has 0 bridgehead atoms. The molecule has 0 radical (unpaired) electrons. The molecular weight excluding hydrogens is 471 g/mol. The molecule has 3 atom stereocenters. The van der Waals surface area contributed by atoms with E-state index in [1.165, 1.54) is 6.07 Å². The Morgan fingerprint density at radius 3 is 2.38 bits per heavy atom. The number of carbonyl (C=O) groups is 2. The van der Waals surface area contributed by atoms with Crippen LogP contribution in [0.25, 0.3) is 0 Å². The summed E-state index contributed by atoms with van der Waals surface area (Å²) in [5.41, 5.74) is -1.16. The lowest BCUT2D eigenvalue weighted by Gasteiger charge is -2.38. The lowest BCUT2D eigenvalue weighted by molar-refractivity contribution is -0.137. The monoisotopic (exact) mass is 505 g/mol. The van der Waals surface area contributed by atoms with Crippen LogP contribution in [0.1, 0.15) is 62.9 Å². The summed E-state index contributed by atoms with van der Waals surface area (Å²) in [5, 5.41) is 8.05. The molecule has 7 nitrogen and oxygen atoms in total. The number of hydrogen-bond donors (Lipinski definition) is 3. The van der Waals surface area contributed by atoms with Crippen LogP contribution in [0.5, 0.6) is 0 Å². The van der Waals surface area contributed by atoms with Gasteiger partial charge in [-0.2, -0.15) is 13.2 Å². The van der Waals surface area contributed by atoms with Gasteiger partial charge in [0, 0.05) is 23.7 Å². The second kappa shape index (κ2) is 11.5. The molecule has 192 valence electrons. The number of halogens is 3. The first kappa shape index (κ1) is 28.1. The van der Waals surface area contributed by atoms with Crippen LogP contribution in [0.2, 0.25) is 0 Å². The molecule has 34 heavy (non-hydrogen) atoms. The molecule has 0 aliphatic heterocycles. The summed E-state index contributed by atoms with van der Waals surface area (Å²) >= 11 is 0. The number of benzene rings is 1. The number of sulfone groups is 1. The van der Waals surface area contributed by atoms with Crippen LogP contribution < -0.4 is 16.0 Å². The third-order valence-electron chi connectivity index (χ3n) is 5.92. The number of alkyl halides is 3. The van der Waals surface area contributed by atoms with Crippen molar-refractivity contribution in [3.63, 3.8) is 0 Å². The summed E-state index contributed by atoms with van der Waals surface area (Å²) in [6.45, 7) is 6.85. The Hall–Kier alpha value is -2.14. The molecule has 2 amide bonds. The van der Waals surface area contributed by atoms with E-state index in [2.05, 4.69) is 16.0 Å². The Morgan fingerprint density at radius 2 is 1.79 bits per heavy atom. The third-order valence-corrected chi connectivity index (χ3v) is 8.25. The van der Waals surface area contributed by atoms with E-state index in [4.69, 9.17) is 0 Å². The first-order valence-electron chi connectivity index (χ1n) is 11.4. The van der Waals surface area contributed by atoms with Crippen molar-refractivity contribution in [1.29, 1.82) is 0 Å². The van der Waals surface area contributed by atoms with Gasteiger partial charge in [-0.3, -0.25) is 9.59 Å². The van der Waals surface area contributed by atoms with Gasteiger partial charge < -0.3 is 16.0 Å². The average molecular weight is 506 g/mol. The van der Waals surface area contributed by atoms with E-state index < -0.39 is 45.2 Å². The summed E-state index contributed by atoms with van der Waals surface area (Å²) in [6, 6.07) is 3.95. The van der Waals surface area contributed by atoms with Crippen LogP contribution in [0.3, 0.4) is 0 Å². The third kappa shape index (κ3) is 8.26. The maximum atomic E-state index is 12.9. The number of rotatable bonds is 9. The number of amides is 2. The lowest BCUT2D eigenvalue weighted by atomic mass is 9.82. The Labute approximate surface area is 199 Å². The van der Waals surface area contributed by atoms with E-state index in [-0.39, 0.29) is 35.4 Å². The minimum atomic E-state index is -4.58. The van der Waals surface area contributed by atoms with E-state index in [0.29, 0.717) is 12.8 Å². The molecule has 11 heteroatoms. The van der Waals surface area contributed by atoms with E-state index in [0.717, 1.165) is 24.6 Å². The van der Waals surface area contributed by atoms with Crippen LogP contribution >= 0.6 is 0 Å². The zero-order chi connectivity index (χ0) is 25.7. The first-order valence-corrected chi connectivity index (χ1v) is 13.1. The molecule has 0 unspecified atom stereocenters. The molecule has 1 fully saturated rings. The van der Waals surface area contributed by atoms with Crippen LogP contribution in [0, 0.1) is 5.92 Å². The summed E-state index contributed by atoms with van der Waals surface area (Å²) in [6.07, 6.45) is -2.65. The Kier molecular flexibility index (Phi) is 9.53. The molecule has 0 saturated heterocycles. The van der Waals surface area contributed by atoms with E-state index in [1.807, 2.05) is 13.8 Å². The van der Waals surface area contributed by atoms with Gasteiger partial charge in [0.25, 0.3) is 5.91 Å². The topological polar surface area (TPSA) is 104 Å². The highest BCUT2D eigenvalue weighted by atomic mass is 32.2. The Balaban J connectivity index is 2.01. The molecular formula is C23H34F3N3O4S. The van der Waals surface area contributed by atoms with Crippen molar-refractivity contribution in [2.45, 2.75) is 76.5 Å². The molecule has 1 saturated carbocycles. The van der Waals surface area contributed by atoms with Crippen molar-refractivity contribution < 1.29 is 31.2 Å². The molecule has 2 rings (SSSR count). The first-order chi connectivity index (χ1) is 15.7. The largest absolute Gasteiger partial charge is 0.416 e. The fraction of sp³-hybridized carbons (Fsp3) is 0.652. The number of carbonyl (C=O) groups excluding carboxylic acids is 2. The maximum Gasteiger partial charge on any atom is 0.416 e. The van der Waals surface area contributed by atoms with Gasteiger partial charge in [-0.15, -0.1) is 0 Å². The smallest absolute Gasteiger partial charge is 0.352 e.